The lowest BCUT2D eigenvalue weighted by Gasteiger charge is -2.44. The second-order valence-electron chi connectivity index (χ2n) is 5.01. The average Bonchev–Trinajstić information content (AvgIpc) is 2.84. The summed E-state index contributed by atoms with van der Waals surface area (Å²) in [6, 6.07) is 0.755. The summed E-state index contributed by atoms with van der Waals surface area (Å²) in [6.45, 7) is 5.37. The summed E-state index contributed by atoms with van der Waals surface area (Å²) in [5.41, 5.74) is 6.33. The molecule has 2 atom stereocenters. The van der Waals surface area contributed by atoms with E-state index in [2.05, 4.69) is 37.6 Å². The molecule has 1 aliphatic heterocycles. The maximum absolute atomic E-state index is 6.08. The summed E-state index contributed by atoms with van der Waals surface area (Å²) in [4.78, 5) is 2.60. The van der Waals surface area contributed by atoms with Crippen molar-refractivity contribution in [2.24, 2.45) is 5.73 Å². The molecule has 1 aliphatic rings. The van der Waals surface area contributed by atoms with Crippen LogP contribution in [-0.2, 0) is 0 Å². The number of rotatable bonds is 7. The van der Waals surface area contributed by atoms with E-state index in [1.807, 2.05) is 0 Å². The molecule has 0 saturated carbocycles. The van der Waals surface area contributed by atoms with E-state index >= 15 is 0 Å². The number of thioether (sulfide) groups is 1. The van der Waals surface area contributed by atoms with Crippen molar-refractivity contribution >= 4 is 11.8 Å². The fourth-order valence-corrected chi connectivity index (χ4v) is 3.98. The first-order valence-electron chi connectivity index (χ1n) is 6.71. The lowest BCUT2D eigenvalue weighted by atomic mass is 9.86. The van der Waals surface area contributed by atoms with Crippen molar-refractivity contribution in [3.8, 4) is 0 Å². The Kier molecular flexibility index (Phi) is 6.16. The van der Waals surface area contributed by atoms with E-state index in [4.69, 9.17) is 5.73 Å². The number of likely N-dealkylation sites (N-methyl/N-ethyl adjacent to an activating group) is 1. The maximum atomic E-state index is 6.08. The molecule has 16 heavy (non-hydrogen) atoms. The van der Waals surface area contributed by atoms with Gasteiger partial charge in [0.15, 0.2) is 0 Å². The Bertz CT molecular complexity index is 186. The third-order valence-corrected chi connectivity index (χ3v) is 5.38. The predicted octanol–water partition coefficient (Wildman–Crippen LogP) is 2.72. The fraction of sp³-hybridized carbons (Fsp3) is 1.00. The molecule has 2 unspecified atom stereocenters. The minimum absolute atomic E-state index is 0.256. The van der Waals surface area contributed by atoms with Crippen LogP contribution in [0.25, 0.3) is 0 Å². The summed E-state index contributed by atoms with van der Waals surface area (Å²) in [6.07, 6.45) is 6.36. The van der Waals surface area contributed by atoms with Crippen LogP contribution in [0.1, 0.15) is 46.0 Å². The van der Waals surface area contributed by atoms with Crippen molar-refractivity contribution in [1.82, 2.24) is 4.90 Å². The van der Waals surface area contributed by atoms with E-state index in [1.165, 1.54) is 43.6 Å². The first kappa shape index (κ1) is 14.3. The van der Waals surface area contributed by atoms with Crippen LogP contribution in [0, 0.1) is 0 Å². The Hall–Kier alpha value is 0.270. The van der Waals surface area contributed by atoms with E-state index in [9.17, 15) is 0 Å². The molecule has 0 aromatic heterocycles. The molecule has 1 heterocycles. The molecule has 0 bridgehead atoms. The highest BCUT2D eigenvalue weighted by molar-refractivity contribution is 7.99. The topological polar surface area (TPSA) is 29.3 Å². The van der Waals surface area contributed by atoms with Crippen molar-refractivity contribution in [2.75, 3.05) is 25.1 Å². The Morgan fingerprint density at radius 2 is 2.19 bits per heavy atom. The van der Waals surface area contributed by atoms with Gasteiger partial charge in [-0.15, -0.1) is 0 Å². The second-order valence-corrected chi connectivity index (χ2v) is 6.16. The first-order valence-corrected chi connectivity index (χ1v) is 7.86. The summed E-state index contributed by atoms with van der Waals surface area (Å²) in [7, 11) is 2.29. The fourth-order valence-electron chi connectivity index (χ4n) is 2.71. The highest BCUT2D eigenvalue weighted by Gasteiger charge is 2.35. The van der Waals surface area contributed by atoms with Crippen molar-refractivity contribution in [2.45, 2.75) is 57.5 Å². The number of nitrogens with zero attached hydrogens (tertiary/aromatic N) is 1. The predicted molar refractivity (Wildman–Crippen MR) is 75.1 cm³/mol. The molecule has 0 aliphatic carbocycles. The zero-order valence-electron chi connectivity index (χ0n) is 11.2. The molecule has 2 N–H and O–H groups in total. The molecule has 1 rings (SSSR count). The summed E-state index contributed by atoms with van der Waals surface area (Å²) < 4.78 is 0. The molecule has 0 amide bonds. The molecule has 1 saturated heterocycles. The van der Waals surface area contributed by atoms with Gasteiger partial charge < -0.3 is 5.73 Å². The Labute approximate surface area is 105 Å². The van der Waals surface area contributed by atoms with Crippen LogP contribution in [0.5, 0.6) is 0 Å². The van der Waals surface area contributed by atoms with Crippen molar-refractivity contribution in [3.63, 3.8) is 0 Å². The zero-order valence-corrected chi connectivity index (χ0v) is 12.0. The van der Waals surface area contributed by atoms with Crippen molar-refractivity contribution < 1.29 is 0 Å². The van der Waals surface area contributed by atoms with Gasteiger partial charge in [-0.2, -0.15) is 11.8 Å². The standard InChI is InChI=1S/C13H28N2S/c1-4-6-8-13(5-2,11-14)15(3)12-7-9-16-10-12/h12H,4-11,14H2,1-3H3. The van der Waals surface area contributed by atoms with E-state index in [0.29, 0.717) is 0 Å². The lowest BCUT2D eigenvalue weighted by molar-refractivity contribution is 0.0726. The number of hydrogen-bond acceptors (Lipinski definition) is 3. The van der Waals surface area contributed by atoms with E-state index in [0.717, 1.165) is 12.6 Å². The van der Waals surface area contributed by atoms with Gasteiger partial charge in [0.1, 0.15) is 0 Å². The number of unbranched alkanes of at least 4 members (excludes halogenated alkanes) is 1. The summed E-state index contributed by atoms with van der Waals surface area (Å²) >= 11 is 2.09. The van der Waals surface area contributed by atoms with Gasteiger partial charge in [0.2, 0.25) is 0 Å². The van der Waals surface area contributed by atoms with Gasteiger partial charge >= 0.3 is 0 Å². The Morgan fingerprint density at radius 1 is 1.44 bits per heavy atom. The minimum atomic E-state index is 0.256. The quantitative estimate of drug-likeness (QED) is 0.746. The molecule has 3 heteroatoms. The van der Waals surface area contributed by atoms with Crippen LogP contribution >= 0.6 is 11.8 Å². The maximum Gasteiger partial charge on any atom is 0.0329 e. The van der Waals surface area contributed by atoms with Crippen LogP contribution in [0.4, 0.5) is 0 Å². The van der Waals surface area contributed by atoms with Crippen LogP contribution < -0.4 is 5.73 Å². The molecule has 0 spiro atoms. The van der Waals surface area contributed by atoms with Crippen molar-refractivity contribution in [1.29, 1.82) is 0 Å². The summed E-state index contributed by atoms with van der Waals surface area (Å²) in [5.74, 6) is 2.62. The van der Waals surface area contributed by atoms with E-state index < -0.39 is 0 Å². The van der Waals surface area contributed by atoms with Gasteiger partial charge in [-0.1, -0.05) is 26.7 Å². The molecule has 0 aromatic rings. The lowest BCUT2D eigenvalue weighted by Crippen LogP contribution is -2.55. The van der Waals surface area contributed by atoms with Crippen LogP contribution in [-0.4, -0.2) is 41.6 Å². The molecule has 96 valence electrons. The van der Waals surface area contributed by atoms with E-state index in [-0.39, 0.29) is 5.54 Å². The largest absolute Gasteiger partial charge is 0.329 e. The van der Waals surface area contributed by atoms with Gasteiger partial charge in [0.25, 0.3) is 0 Å². The van der Waals surface area contributed by atoms with Crippen LogP contribution in [0.15, 0.2) is 0 Å². The van der Waals surface area contributed by atoms with Gasteiger partial charge in [0, 0.05) is 23.9 Å². The first-order chi connectivity index (χ1) is 7.70. The smallest absolute Gasteiger partial charge is 0.0329 e. The average molecular weight is 244 g/mol. The molecule has 0 aromatic carbocycles. The van der Waals surface area contributed by atoms with Crippen LogP contribution in [0.2, 0.25) is 0 Å². The minimum Gasteiger partial charge on any atom is -0.329 e. The highest BCUT2D eigenvalue weighted by Crippen LogP contribution is 2.31. The Morgan fingerprint density at radius 3 is 2.62 bits per heavy atom. The monoisotopic (exact) mass is 244 g/mol. The van der Waals surface area contributed by atoms with Gasteiger partial charge in [0.05, 0.1) is 0 Å². The van der Waals surface area contributed by atoms with Crippen molar-refractivity contribution in [3.05, 3.63) is 0 Å². The SMILES string of the molecule is CCCCC(CC)(CN)N(C)C1CCSC1. The van der Waals surface area contributed by atoms with Gasteiger partial charge in [-0.3, -0.25) is 4.90 Å². The van der Waals surface area contributed by atoms with Crippen LogP contribution in [0.3, 0.4) is 0 Å². The molecule has 1 fully saturated rings. The normalized spacial score (nSPS) is 24.9. The van der Waals surface area contributed by atoms with Gasteiger partial charge in [-0.05, 0) is 32.1 Å². The molecular formula is C13H28N2S. The Balaban J connectivity index is 2.65. The molecule has 0 radical (unpaired) electrons. The number of hydrogen-bond donors (Lipinski definition) is 1. The molecular weight excluding hydrogens is 216 g/mol. The highest BCUT2D eigenvalue weighted by atomic mass is 32.2. The van der Waals surface area contributed by atoms with E-state index in [1.54, 1.807) is 0 Å². The third-order valence-electron chi connectivity index (χ3n) is 4.24. The van der Waals surface area contributed by atoms with Gasteiger partial charge in [-0.25, -0.2) is 0 Å². The summed E-state index contributed by atoms with van der Waals surface area (Å²) in [5, 5.41) is 0. The molecule has 2 nitrogen and oxygen atoms in total. The number of nitrogens with two attached hydrogens (primary N) is 1. The third kappa shape index (κ3) is 3.14. The zero-order chi connectivity index (χ0) is 12.0. The second kappa shape index (κ2) is 6.87.